The third-order valence-corrected chi connectivity index (χ3v) is 3.98. The first-order valence-electron chi connectivity index (χ1n) is 7.09. The van der Waals surface area contributed by atoms with Gasteiger partial charge in [-0.15, -0.1) is 10.2 Å². The zero-order valence-corrected chi connectivity index (χ0v) is 14.3. The second kappa shape index (κ2) is 7.87. The number of hydrogen-bond donors (Lipinski definition) is 1. The van der Waals surface area contributed by atoms with Crippen LogP contribution < -0.4 is 14.8 Å². The smallest absolute Gasteiger partial charge is 0.277 e. The van der Waals surface area contributed by atoms with Crippen molar-refractivity contribution < 1.29 is 18.7 Å². The van der Waals surface area contributed by atoms with Crippen molar-refractivity contribution >= 4 is 17.7 Å². The van der Waals surface area contributed by atoms with Crippen LogP contribution in [-0.2, 0) is 4.79 Å². The van der Waals surface area contributed by atoms with Gasteiger partial charge in [0, 0.05) is 12.6 Å². The zero-order valence-electron chi connectivity index (χ0n) is 13.5. The summed E-state index contributed by atoms with van der Waals surface area (Å²) in [5.74, 6) is 1.50. The van der Waals surface area contributed by atoms with Gasteiger partial charge in [-0.2, -0.15) is 0 Å². The molecule has 2 aromatic rings. The highest BCUT2D eigenvalue weighted by molar-refractivity contribution is 8.00. The Balaban J connectivity index is 2.17. The Labute approximate surface area is 138 Å². The van der Waals surface area contributed by atoms with Gasteiger partial charge < -0.3 is 19.2 Å². The molecule has 0 saturated carbocycles. The second-order valence-corrected chi connectivity index (χ2v) is 5.89. The molecule has 0 saturated heterocycles. The number of benzene rings is 1. The van der Waals surface area contributed by atoms with Crippen molar-refractivity contribution in [2.45, 2.75) is 24.3 Å². The maximum atomic E-state index is 11.7. The van der Waals surface area contributed by atoms with Crippen molar-refractivity contribution in [3.63, 3.8) is 0 Å². The number of ether oxygens (including phenoxy) is 2. The van der Waals surface area contributed by atoms with Crippen LogP contribution in [0.3, 0.4) is 0 Å². The van der Waals surface area contributed by atoms with Crippen molar-refractivity contribution in [3.8, 4) is 23.0 Å². The Morgan fingerprint density at radius 3 is 2.78 bits per heavy atom. The topological polar surface area (TPSA) is 86.5 Å². The van der Waals surface area contributed by atoms with Gasteiger partial charge in [-0.25, -0.2) is 0 Å². The summed E-state index contributed by atoms with van der Waals surface area (Å²) in [6.07, 6.45) is 0. The van der Waals surface area contributed by atoms with Crippen molar-refractivity contribution in [2.75, 3.05) is 20.8 Å². The number of nitrogens with one attached hydrogen (secondary N) is 1. The SMILES string of the molecule is CCNC(=O)[C@H](C)Sc1nnc(-c2ccc(OC)cc2OC)o1. The fourth-order valence-corrected chi connectivity index (χ4v) is 2.57. The predicted octanol–water partition coefficient (Wildman–Crippen LogP) is 2.37. The maximum absolute atomic E-state index is 11.7. The number of aromatic nitrogens is 2. The third kappa shape index (κ3) is 4.16. The van der Waals surface area contributed by atoms with E-state index in [0.29, 0.717) is 34.7 Å². The van der Waals surface area contributed by atoms with E-state index in [2.05, 4.69) is 15.5 Å². The number of nitrogens with zero attached hydrogens (tertiary/aromatic N) is 2. The number of rotatable bonds is 7. The molecule has 124 valence electrons. The lowest BCUT2D eigenvalue weighted by molar-refractivity contribution is -0.120. The molecule has 0 unspecified atom stereocenters. The minimum Gasteiger partial charge on any atom is -0.497 e. The first kappa shape index (κ1) is 17.1. The van der Waals surface area contributed by atoms with E-state index in [1.807, 2.05) is 6.92 Å². The van der Waals surface area contributed by atoms with E-state index >= 15 is 0 Å². The molecule has 8 heteroatoms. The molecule has 23 heavy (non-hydrogen) atoms. The minimum absolute atomic E-state index is 0.0701. The normalized spacial score (nSPS) is 11.8. The monoisotopic (exact) mass is 337 g/mol. The zero-order chi connectivity index (χ0) is 16.8. The first-order valence-corrected chi connectivity index (χ1v) is 7.97. The molecule has 0 fully saturated rings. The molecule has 0 radical (unpaired) electrons. The molecule has 7 nitrogen and oxygen atoms in total. The van der Waals surface area contributed by atoms with E-state index in [0.717, 1.165) is 0 Å². The first-order chi connectivity index (χ1) is 11.1. The standard InChI is InChI=1S/C15H19N3O4S/c1-5-16-13(19)9(2)23-15-18-17-14(22-15)11-7-6-10(20-3)8-12(11)21-4/h6-9H,5H2,1-4H3,(H,16,19)/t9-/m0/s1. The van der Waals surface area contributed by atoms with Gasteiger partial charge in [0.25, 0.3) is 11.1 Å². The fourth-order valence-electron chi connectivity index (χ4n) is 1.86. The van der Waals surface area contributed by atoms with E-state index in [1.165, 1.54) is 11.8 Å². The van der Waals surface area contributed by atoms with Gasteiger partial charge in [-0.3, -0.25) is 4.79 Å². The summed E-state index contributed by atoms with van der Waals surface area (Å²) in [6.45, 7) is 4.24. The molecule has 2 rings (SSSR count). The summed E-state index contributed by atoms with van der Waals surface area (Å²) < 4.78 is 16.1. The Morgan fingerprint density at radius 2 is 2.13 bits per heavy atom. The van der Waals surface area contributed by atoms with Crippen LogP contribution in [0.25, 0.3) is 11.5 Å². The summed E-state index contributed by atoms with van der Waals surface area (Å²) in [5.41, 5.74) is 0.665. The van der Waals surface area contributed by atoms with Gasteiger partial charge >= 0.3 is 0 Å². The van der Waals surface area contributed by atoms with Crippen LogP contribution in [0, 0.1) is 0 Å². The summed E-state index contributed by atoms with van der Waals surface area (Å²) in [4.78, 5) is 11.7. The lowest BCUT2D eigenvalue weighted by atomic mass is 10.2. The summed E-state index contributed by atoms with van der Waals surface area (Å²) in [5, 5.41) is 10.8. The Kier molecular flexibility index (Phi) is 5.86. The Bertz CT molecular complexity index is 674. The van der Waals surface area contributed by atoms with Gasteiger partial charge in [0.15, 0.2) is 0 Å². The second-order valence-electron chi connectivity index (χ2n) is 4.59. The van der Waals surface area contributed by atoms with Crippen LogP contribution in [0.15, 0.2) is 27.8 Å². The average Bonchev–Trinajstić information content (AvgIpc) is 3.02. The van der Waals surface area contributed by atoms with Crippen LogP contribution in [0.1, 0.15) is 13.8 Å². The molecule has 0 aliphatic heterocycles. The number of thioether (sulfide) groups is 1. The Hall–Kier alpha value is -2.22. The lowest BCUT2D eigenvalue weighted by Gasteiger charge is -2.08. The molecule has 1 heterocycles. The maximum Gasteiger partial charge on any atom is 0.277 e. The quantitative estimate of drug-likeness (QED) is 0.776. The van der Waals surface area contributed by atoms with Crippen molar-refractivity contribution in [2.24, 2.45) is 0 Å². The molecular weight excluding hydrogens is 318 g/mol. The molecule has 1 N–H and O–H groups in total. The van der Waals surface area contributed by atoms with Gasteiger partial charge in [0.2, 0.25) is 5.91 Å². The minimum atomic E-state index is -0.319. The number of hydrogen-bond acceptors (Lipinski definition) is 7. The summed E-state index contributed by atoms with van der Waals surface area (Å²) in [7, 11) is 3.14. The van der Waals surface area contributed by atoms with E-state index in [9.17, 15) is 4.79 Å². The van der Waals surface area contributed by atoms with E-state index in [4.69, 9.17) is 13.9 Å². The summed E-state index contributed by atoms with van der Waals surface area (Å²) in [6, 6.07) is 5.31. The largest absolute Gasteiger partial charge is 0.497 e. The molecular formula is C15H19N3O4S. The van der Waals surface area contributed by atoms with Gasteiger partial charge in [0.05, 0.1) is 25.0 Å². The van der Waals surface area contributed by atoms with Crippen LogP contribution >= 0.6 is 11.8 Å². The van der Waals surface area contributed by atoms with Gasteiger partial charge in [0.1, 0.15) is 11.5 Å². The predicted molar refractivity (Wildman–Crippen MR) is 86.8 cm³/mol. The Morgan fingerprint density at radius 1 is 1.35 bits per heavy atom. The van der Waals surface area contributed by atoms with Crippen molar-refractivity contribution in [3.05, 3.63) is 18.2 Å². The highest BCUT2D eigenvalue weighted by atomic mass is 32.2. The summed E-state index contributed by atoms with van der Waals surface area (Å²) >= 11 is 1.21. The fraction of sp³-hybridized carbons (Fsp3) is 0.400. The van der Waals surface area contributed by atoms with E-state index in [-0.39, 0.29) is 11.2 Å². The van der Waals surface area contributed by atoms with E-state index < -0.39 is 0 Å². The van der Waals surface area contributed by atoms with Crippen molar-refractivity contribution in [1.82, 2.24) is 15.5 Å². The van der Waals surface area contributed by atoms with Crippen LogP contribution in [-0.4, -0.2) is 42.1 Å². The molecule has 0 bridgehead atoms. The van der Waals surface area contributed by atoms with Crippen LogP contribution in [0.4, 0.5) is 0 Å². The van der Waals surface area contributed by atoms with Crippen LogP contribution in [0.2, 0.25) is 0 Å². The van der Waals surface area contributed by atoms with Crippen molar-refractivity contribution in [1.29, 1.82) is 0 Å². The number of methoxy groups -OCH3 is 2. The third-order valence-electron chi connectivity index (χ3n) is 3.04. The molecule has 1 amide bonds. The molecule has 1 atom stereocenters. The average molecular weight is 337 g/mol. The molecule has 0 aliphatic rings. The highest BCUT2D eigenvalue weighted by Crippen LogP contribution is 2.34. The molecule has 1 aromatic heterocycles. The molecule has 0 aliphatic carbocycles. The van der Waals surface area contributed by atoms with E-state index in [1.54, 1.807) is 39.3 Å². The number of amides is 1. The number of carbonyl (C=O) groups excluding carboxylic acids is 1. The molecule has 1 aromatic carbocycles. The number of carbonyl (C=O) groups is 1. The lowest BCUT2D eigenvalue weighted by Crippen LogP contribution is -2.30. The highest BCUT2D eigenvalue weighted by Gasteiger charge is 2.19. The van der Waals surface area contributed by atoms with Gasteiger partial charge in [-0.05, 0) is 26.0 Å². The molecule has 0 spiro atoms. The van der Waals surface area contributed by atoms with Crippen LogP contribution in [0.5, 0.6) is 11.5 Å². The van der Waals surface area contributed by atoms with Gasteiger partial charge in [-0.1, -0.05) is 11.8 Å².